The Labute approximate surface area is 219 Å². The zero-order valence-electron chi connectivity index (χ0n) is 21.2. The summed E-state index contributed by atoms with van der Waals surface area (Å²) in [6.07, 6.45) is 6.49. The SMILES string of the molecule is CN(C)c1cc(-c2sc3nc(-c4nccn4C)nc(N4CCC(CO)C4)c3c2-c2ccccc2)ccn1. The van der Waals surface area contributed by atoms with Crippen LogP contribution in [0.5, 0.6) is 0 Å². The first kappa shape index (κ1) is 23.6. The maximum atomic E-state index is 9.86. The van der Waals surface area contributed by atoms with Gasteiger partial charge in [0.05, 0.1) is 5.39 Å². The topological polar surface area (TPSA) is 83.2 Å². The number of aliphatic hydroxyl groups is 1. The van der Waals surface area contributed by atoms with Crippen LogP contribution in [0.15, 0.2) is 61.1 Å². The number of anilines is 2. The summed E-state index contributed by atoms with van der Waals surface area (Å²) in [5.41, 5.74) is 3.35. The minimum atomic E-state index is 0.182. The molecule has 1 saturated heterocycles. The van der Waals surface area contributed by atoms with Gasteiger partial charge in [0.25, 0.3) is 0 Å². The van der Waals surface area contributed by atoms with Crippen molar-refractivity contribution >= 4 is 33.2 Å². The molecule has 0 aliphatic carbocycles. The first-order chi connectivity index (χ1) is 18.0. The van der Waals surface area contributed by atoms with Crippen molar-refractivity contribution in [1.82, 2.24) is 24.5 Å². The first-order valence-electron chi connectivity index (χ1n) is 12.4. The van der Waals surface area contributed by atoms with Crippen LogP contribution >= 0.6 is 11.3 Å². The number of imidazole rings is 1. The van der Waals surface area contributed by atoms with Crippen molar-refractivity contribution in [1.29, 1.82) is 0 Å². The Kier molecular flexibility index (Phi) is 6.10. The summed E-state index contributed by atoms with van der Waals surface area (Å²) in [5.74, 6) is 3.39. The second kappa shape index (κ2) is 9.57. The number of thiophene rings is 1. The highest BCUT2D eigenvalue weighted by molar-refractivity contribution is 7.22. The van der Waals surface area contributed by atoms with Gasteiger partial charge in [0.15, 0.2) is 11.6 Å². The Morgan fingerprint density at radius 1 is 1.05 bits per heavy atom. The molecule has 4 aromatic heterocycles. The Bertz CT molecular complexity index is 1560. The lowest BCUT2D eigenvalue weighted by Crippen LogP contribution is -2.22. The third kappa shape index (κ3) is 4.24. The lowest BCUT2D eigenvalue weighted by atomic mass is 10.00. The summed E-state index contributed by atoms with van der Waals surface area (Å²) in [7, 11) is 5.97. The quantitative estimate of drug-likeness (QED) is 0.354. The third-order valence-electron chi connectivity index (χ3n) is 6.93. The summed E-state index contributed by atoms with van der Waals surface area (Å²) in [6.45, 7) is 1.79. The van der Waals surface area contributed by atoms with Crippen LogP contribution in [0.1, 0.15) is 6.42 Å². The summed E-state index contributed by atoms with van der Waals surface area (Å²) in [6, 6.07) is 14.7. The van der Waals surface area contributed by atoms with Crippen LogP contribution in [-0.2, 0) is 7.05 Å². The van der Waals surface area contributed by atoms with Gasteiger partial charge in [-0.15, -0.1) is 11.3 Å². The van der Waals surface area contributed by atoms with E-state index >= 15 is 0 Å². The van der Waals surface area contributed by atoms with Crippen LogP contribution in [0.3, 0.4) is 0 Å². The number of hydrogen-bond acceptors (Lipinski definition) is 8. The number of benzene rings is 1. The zero-order chi connectivity index (χ0) is 25.5. The van der Waals surface area contributed by atoms with E-state index in [1.807, 2.05) is 49.1 Å². The summed E-state index contributed by atoms with van der Waals surface area (Å²) in [5, 5.41) is 10.9. The monoisotopic (exact) mass is 511 g/mol. The molecule has 1 aliphatic rings. The predicted molar refractivity (Wildman–Crippen MR) is 150 cm³/mol. The van der Waals surface area contributed by atoms with Crippen LogP contribution in [0.4, 0.5) is 11.6 Å². The molecule has 6 rings (SSSR count). The fourth-order valence-electron chi connectivity index (χ4n) is 4.95. The smallest absolute Gasteiger partial charge is 0.199 e. The molecule has 1 aliphatic heterocycles. The minimum absolute atomic E-state index is 0.182. The number of hydrogen-bond donors (Lipinski definition) is 1. The van der Waals surface area contributed by atoms with E-state index < -0.39 is 0 Å². The Morgan fingerprint density at radius 2 is 1.89 bits per heavy atom. The number of pyridine rings is 1. The van der Waals surface area contributed by atoms with E-state index in [4.69, 9.17) is 9.97 Å². The van der Waals surface area contributed by atoms with E-state index in [1.54, 1.807) is 17.5 Å². The molecule has 0 saturated carbocycles. The number of aliphatic hydroxyl groups excluding tert-OH is 1. The van der Waals surface area contributed by atoms with Crippen LogP contribution in [0, 0.1) is 5.92 Å². The summed E-state index contributed by atoms with van der Waals surface area (Å²) < 4.78 is 1.95. The Balaban J connectivity index is 1.66. The lowest BCUT2D eigenvalue weighted by Gasteiger charge is -2.20. The molecule has 5 heterocycles. The van der Waals surface area contributed by atoms with Crippen molar-refractivity contribution in [2.75, 3.05) is 43.6 Å². The van der Waals surface area contributed by atoms with Crippen LogP contribution < -0.4 is 9.80 Å². The van der Waals surface area contributed by atoms with Crippen LogP contribution in [0.2, 0.25) is 0 Å². The molecule has 1 unspecified atom stereocenters. The lowest BCUT2D eigenvalue weighted by molar-refractivity contribution is 0.238. The number of aryl methyl sites for hydroxylation is 1. The molecule has 0 bridgehead atoms. The van der Waals surface area contributed by atoms with Gasteiger partial charge < -0.3 is 19.5 Å². The molecule has 1 fully saturated rings. The second-order valence-corrected chi connectivity index (χ2v) is 10.7. The minimum Gasteiger partial charge on any atom is -0.396 e. The molecule has 5 aromatic rings. The molecule has 0 amide bonds. The molecule has 188 valence electrons. The summed E-state index contributed by atoms with van der Waals surface area (Å²) in [4.78, 5) is 25.6. The van der Waals surface area contributed by atoms with Gasteiger partial charge in [-0.2, -0.15) is 0 Å². The standard InChI is InChI=1S/C28H29N7OS/c1-33(2)21-15-20(9-11-29-21)24-22(19-7-5-4-6-8-19)23-26(35-13-10-18(16-35)17-36)31-25(32-28(23)37-24)27-30-12-14-34(27)3/h4-9,11-12,14-15,18,36H,10,13,16-17H2,1-3H3. The molecule has 1 atom stereocenters. The largest absolute Gasteiger partial charge is 0.396 e. The van der Waals surface area contributed by atoms with E-state index in [0.29, 0.717) is 5.82 Å². The van der Waals surface area contributed by atoms with Gasteiger partial charge in [-0.25, -0.2) is 19.9 Å². The molecule has 0 spiro atoms. The van der Waals surface area contributed by atoms with Gasteiger partial charge in [0.2, 0.25) is 0 Å². The molecule has 9 heteroatoms. The van der Waals surface area contributed by atoms with Crippen LogP contribution in [0.25, 0.3) is 43.4 Å². The average molecular weight is 512 g/mol. The van der Waals surface area contributed by atoms with E-state index in [0.717, 1.165) is 68.8 Å². The second-order valence-electron chi connectivity index (χ2n) is 9.67. The van der Waals surface area contributed by atoms with E-state index in [2.05, 4.69) is 51.3 Å². The zero-order valence-corrected chi connectivity index (χ0v) is 22.0. The number of nitrogens with zero attached hydrogens (tertiary/aromatic N) is 7. The van der Waals surface area contributed by atoms with Gasteiger partial charge in [-0.3, -0.25) is 0 Å². The van der Waals surface area contributed by atoms with Crippen LogP contribution in [-0.4, -0.2) is 63.4 Å². The highest BCUT2D eigenvalue weighted by Gasteiger charge is 2.29. The summed E-state index contributed by atoms with van der Waals surface area (Å²) >= 11 is 1.68. The van der Waals surface area contributed by atoms with Crippen molar-refractivity contribution in [2.45, 2.75) is 6.42 Å². The van der Waals surface area contributed by atoms with Gasteiger partial charge in [0, 0.05) is 75.8 Å². The highest BCUT2D eigenvalue weighted by atomic mass is 32.1. The highest BCUT2D eigenvalue weighted by Crippen LogP contribution is 2.48. The predicted octanol–water partition coefficient (Wildman–Crippen LogP) is 4.71. The maximum absolute atomic E-state index is 9.86. The van der Waals surface area contributed by atoms with Crippen molar-refractivity contribution in [2.24, 2.45) is 13.0 Å². The Morgan fingerprint density at radius 3 is 2.59 bits per heavy atom. The first-order valence-corrected chi connectivity index (χ1v) is 13.2. The fraction of sp³-hybridized carbons (Fsp3) is 0.286. The molecule has 37 heavy (non-hydrogen) atoms. The molecular formula is C28H29N7OS. The van der Waals surface area contributed by atoms with Crippen molar-refractivity contribution in [3.8, 4) is 33.2 Å². The van der Waals surface area contributed by atoms with E-state index in [-0.39, 0.29) is 12.5 Å². The normalized spacial score (nSPS) is 15.6. The molecule has 1 N–H and O–H groups in total. The molecule has 0 radical (unpaired) electrons. The number of rotatable bonds is 6. The maximum Gasteiger partial charge on any atom is 0.199 e. The van der Waals surface area contributed by atoms with E-state index in [9.17, 15) is 5.11 Å². The molecule has 8 nitrogen and oxygen atoms in total. The van der Waals surface area contributed by atoms with Gasteiger partial charge in [-0.05, 0) is 29.7 Å². The number of aromatic nitrogens is 5. The fourth-order valence-corrected chi connectivity index (χ4v) is 6.14. The van der Waals surface area contributed by atoms with E-state index in [1.165, 1.54) is 0 Å². The van der Waals surface area contributed by atoms with Gasteiger partial charge >= 0.3 is 0 Å². The third-order valence-corrected chi connectivity index (χ3v) is 8.06. The van der Waals surface area contributed by atoms with Gasteiger partial charge in [-0.1, -0.05) is 30.3 Å². The molecular weight excluding hydrogens is 482 g/mol. The number of fused-ring (bicyclic) bond motifs is 1. The Hall–Kier alpha value is -3.82. The average Bonchev–Trinajstić information content (AvgIpc) is 3.66. The van der Waals surface area contributed by atoms with Crippen molar-refractivity contribution in [3.05, 3.63) is 61.1 Å². The van der Waals surface area contributed by atoms with Crippen molar-refractivity contribution in [3.63, 3.8) is 0 Å². The van der Waals surface area contributed by atoms with Crippen molar-refractivity contribution < 1.29 is 5.11 Å². The van der Waals surface area contributed by atoms with Gasteiger partial charge in [0.1, 0.15) is 16.5 Å². The molecule has 1 aromatic carbocycles.